The highest BCUT2D eigenvalue weighted by Crippen LogP contribution is 2.24. The molecule has 0 unspecified atom stereocenters. The van der Waals surface area contributed by atoms with Crippen LogP contribution in [0.15, 0.2) is 54.6 Å². The predicted octanol–water partition coefficient (Wildman–Crippen LogP) is 2.81. The van der Waals surface area contributed by atoms with E-state index in [1.165, 1.54) is 4.90 Å². The molecule has 2 atom stereocenters. The molecule has 2 rings (SSSR count). The summed E-state index contributed by atoms with van der Waals surface area (Å²) in [5, 5.41) is 3.03. The van der Waals surface area contributed by atoms with Gasteiger partial charge in [0.1, 0.15) is 0 Å². The molecule has 2 aromatic carbocycles. The summed E-state index contributed by atoms with van der Waals surface area (Å²) in [7, 11) is 3.16. The Hall–Kier alpha value is -3.06. The van der Waals surface area contributed by atoms with Crippen LogP contribution in [0.1, 0.15) is 29.7 Å². The Morgan fingerprint density at radius 3 is 2.18 bits per heavy atom. The Morgan fingerprint density at radius 1 is 1.04 bits per heavy atom. The van der Waals surface area contributed by atoms with Crippen molar-refractivity contribution in [3.63, 3.8) is 0 Å². The van der Waals surface area contributed by atoms with Crippen molar-refractivity contribution in [2.75, 3.05) is 14.1 Å². The molecule has 0 aliphatic carbocycles. The number of carbonyl (C=O) groups excluding carboxylic acids is 3. The number of benzene rings is 2. The average molecular weight is 404 g/mol. The van der Waals surface area contributed by atoms with Gasteiger partial charge in [0, 0.05) is 24.7 Å². The lowest BCUT2D eigenvalue weighted by Crippen LogP contribution is -2.36. The van der Waals surface area contributed by atoms with Crippen LogP contribution in [0, 0.1) is 0 Å². The first-order valence-electron chi connectivity index (χ1n) is 8.55. The van der Waals surface area contributed by atoms with Crippen LogP contribution < -0.4 is 11.1 Å². The molecule has 0 radical (unpaired) electrons. The first-order valence-corrected chi connectivity index (χ1v) is 8.92. The summed E-state index contributed by atoms with van der Waals surface area (Å²) in [6, 6.07) is 13.9. The molecule has 3 N–H and O–H groups in total. The Bertz CT molecular complexity index is 825. The molecule has 148 valence electrons. The standard InChI is InChI=1S/C20H22ClN3O4/c1-24(2)19(26)18(14-6-4-3-5-7-14)28-17(25)12-16(23-20(22)27)13-8-10-15(21)11-9-13/h3-11,16,18H,12H2,1-2H3,(H3,22,23,27)/t16-,18+/m0/s1. The zero-order valence-electron chi connectivity index (χ0n) is 15.6. The van der Waals surface area contributed by atoms with E-state index in [0.717, 1.165) is 0 Å². The van der Waals surface area contributed by atoms with Gasteiger partial charge in [0.25, 0.3) is 5.91 Å². The second-order valence-electron chi connectivity index (χ2n) is 6.33. The normalized spacial score (nSPS) is 12.5. The molecule has 3 amide bonds. The molecule has 8 heteroatoms. The van der Waals surface area contributed by atoms with Crippen LogP contribution in [0.25, 0.3) is 0 Å². The van der Waals surface area contributed by atoms with Gasteiger partial charge in [-0.25, -0.2) is 4.79 Å². The van der Waals surface area contributed by atoms with Crippen molar-refractivity contribution in [3.05, 3.63) is 70.7 Å². The number of halogens is 1. The predicted molar refractivity (Wildman–Crippen MR) is 105 cm³/mol. The Kier molecular flexibility index (Phi) is 7.40. The number of hydrogen-bond donors (Lipinski definition) is 2. The maximum Gasteiger partial charge on any atom is 0.312 e. The van der Waals surface area contributed by atoms with Crippen molar-refractivity contribution < 1.29 is 19.1 Å². The van der Waals surface area contributed by atoms with E-state index in [2.05, 4.69) is 5.32 Å². The zero-order valence-corrected chi connectivity index (χ0v) is 16.3. The highest BCUT2D eigenvalue weighted by atomic mass is 35.5. The number of urea groups is 1. The van der Waals surface area contributed by atoms with Crippen molar-refractivity contribution in [1.82, 2.24) is 10.2 Å². The van der Waals surface area contributed by atoms with E-state index in [1.807, 2.05) is 0 Å². The molecule has 2 aromatic rings. The van der Waals surface area contributed by atoms with E-state index in [9.17, 15) is 14.4 Å². The number of hydrogen-bond acceptors (Lipinski definition) is 4. The van der Waals surface area contributed by atoms with Crippen LogP contribution in [0.2, 0.25) is 5.02 Å². The molecule has 0 bridgehead atoms. The maximum atomic E-state index is 12.6. The highest BCUT2D eigenvalue weighted by molar-refractivity contribution is 6.30. The molecule has 0 saturated carbocycles. The molecule has 28 heavy (non-hydrogen) atoms. The molecule has 0 aromatic heterocycles. The van der Waals surface area contributed by atoms with Gasteiger partial charge in [0.15, 0.2) is 0 Å². The van der Waals surface area contributed by atoms with Gasteiger partial charge < -0.3 is 20.7 Å². The van der Waals surface area contributed by atoms with Crippen molar-refractivity contribution >= 4 is 29.5 Å². The number of esters is 1. The van der Waals surface area contributed by atoms with E-state index in [4.69, 9.17) is 22.1 Å². The van der Waals surface area contributed by atoms with Gasteiger partial charge >= 0.3 is 12.0 Å². The van der Waals surface area contributed by atoms with Gasteiger partial charge in [-0.2, -0.15) is 0 Å². The van der Waals surface area contributed by atoms with Crippen molar-refractivity contribution in [3.8, 4) is 0 Å². The fourth-order valence-electron chi connectivity index (χ4n) is 2.59. The van der Waals surface area contributed by atoms with Crippen molar-refractivity contribution in [2.45, 2.75) is 18.6 Å². The largest absolute Gasteiger partial charge is 0.447 e. The van der Waals surface area contributed by atoms with Gasteiger partial charge in [-0.15, -0.1) is 0 Å². The highest BCUT2D eigenvalue weighted by Gasteiger charge is 2.28. The van der Waals surface area contributed by atoms with Crippen molar-refractivity contribution in [1.29, 1.82) is 0 Å². The number of likely N-dealkylation sites (N-methyl/N-ethyl adjacent to an activating group) is 1. The summed E-state index contributed by atoms with van der Waals surface area (Å²) < 4.78 is 5.47. The quantitative estimate of drug-likeness (QED) is 0.694. The summed E-state index contributed by atoms with van der Waals surface area (Å²) in [5.74, 6) is -1.02. The number of nitrogens with one attached hydrogen (secondary N) is 1. The van der Waals surface area contributed by atoms with Gasteiger partial charge in [0.2, 0.25) is 6.10 Å². The fourth-order valence-corrected chi connectivity index (χ4v) is 2.71. The number of carbonyl (C=O) groups is 3. The SMILES string of the molecule is CN(C)C(=O)[C@H](OC(=O)C[C@H](NC(N)=O)c1ccc(Cl)cc1)c1ccccc1. The minimum atomic E-state index is -1.08. The van der Waals surface area contributed by atoms with E-state index in [-0.39, 0.29) is 12.3 Å². The molecule has 0 heterocycles. The molecular weight excluding hydrogens is 382 g/mol. The Morgan fingerprint density at radius 2 is 1.64 bits per heavy atom. The molecule has 0 aliphatic heterocycles. The molecule has 0 fully saturated rings. The number of ether oxygens (including phenoxy) is 1. The molecule has 0 spiro atoms. The first kappa shape index (κ1) is 21.2. The van der Waals surface area contributed by atoms with Gasteiger partial charge in [0.05, 0.1) is 12.5 Å². The van der Waals surface area contributed by atoms with Gasteiger partial charge in [-0.3, -0.25) is 9.59 Å². The Labute approximate surface area is 168 Å². The van der Waals surface area contributed by atoms with E-state index < -0.39 is 24.1 Å². The monoisotopic (exact) mass is 403 g/mol. The summed E-state index contributed by atoms with van der Waals surface area (Å²) in [5.41, 5.74) is 6.42. The molecule has 7 nitrogen and oxygen atoms in total. The van der Waals surface area contributed by atoms with Crippen molar-refractivity contribution in [2.24, 2.45) is 5.73 Å². The summed E-state index contributed by atoms with van der Waals surface area (Å²) in [4.78, 5) is 37.8. The summed E-state index contributed by atoms with van der Waals surface area (Å²) in [6.45, 7) is 0. The minimum absolute atomic E-state index is 0.200. The van der Waals surface area contributed by atoms with E-state index in [0.29, 0.717) is 16.1 Å². The third kappa shape index (κ3) is 5.99. The first-order chi connectivity index (χ1) is 13.3. The summed E-state index contributed by atoms with van der Waals surface area (Å²) >= 11 is 5.88. The maximum absolute atomic E-state index is 12.6. The zero-order chi connectivity index (χ0) is 20.7. The minimum Gasteiger partial charge on any atom is -0.447 e. The van der Waals surface area contributed by atoms with Crippen LogP contribution in [0.5, 0.6) is 0 Å². The molecular formula is C20H22ClN3O4. The van der Waals surface area contributed by atoms with Crippen LogP contribution in [0.4, 0.5) is 4.79 Å². The topological polar surface area (TPSA) is 102 Å². The number of nitrogens with zero attached hydrogens (tertiary/aromatic N) is 1. The number of nitrogens with two attached hydrogens (primary N) is 1. The third-order valence-corrected chi connectivity index (χ3v) is 4.23. The lowest BCUT2D eigenvalue weighted by atomic mass is 10.0. The van der Waals surface area contributed by atoms with Gasteiger partial charge in [-0.1, -0.05) is 54.1 Å². The molecule has 0 aliphatic rings. The third-order valence-electron chi connectivity index (χ3n) is 3.98. The lowest BCUT2D eigenvalue weighted by Gasteiger charge is -2.23. The Balaban J connectivity index is 2.19. The smallest absolute Gasteiger partial charge is 0.312 e. The number of rotatable bonds is 7. The van der Waals surface area contributed by atoms with Crippen LogP contribution in [-0.2, 0) is 14.3 Å². The average Bonchev–Trinajstić information content (AvgIpc) is 2.66. The fraction of sp³-hybridized carbons (Fsp3) is 0.250. The second-order valence-corrected chi connectivity index (χ2v) is 6.77. The van der Waals surface area contributed by atoms with Gasteiger partial charge in [-0.05, 0) is 17.7 Å². The number of amides is 3. The second kappa shape index (κ2) is 9.75. The van der Waals surface area contributed by atoms with E-state index >= 15 is 0 Å². The van der Waals surface area contributed by atoms with Crippen LogP contribution in [0.3, 0.4) is 0 Å². The van der Waals surface area contributed by atoms with E-state index in [1.54, 1.807) is 68.7 Å². The van der Waals surface area contributed by atoms with Crippen LogP contribution in [-0.4, -0.2) is 36.9 Å². The molecule has 0 saturated heterocycles. The number of primary amides is 1. The lowest BCUT2D eigenvalue weighted by molar-refractivity contribution is -0.160. The summed E-state index contributed by atoms with van der Waals surface area (Å²) in [6.07, 6.45) is -1.28. The van der Waals surface area contributed by atoms with Crippen LogP contribution >= 0.6 is 11.6 Å².